The Bertz CT molecular complexity index is 1140. The Hall–Kier alpha value is -3.55. The number of fused-ring (bicyclic) bond motifs is 1. The van der Waals surface area contributed by atoms with Gasteiger partial charge in [-0.15, -0.1) is 0 Å². The summed E-state index contributed by atoms with van der Waals surface area (Å²) < 4.78 is 11.7. The van der Waals surface area contributed by atoms with E-state index in [-0.39, 0.29) is 24.8 Å². The maximum Gasteiger partial charge on any atom is 0.420 e. The summed E-state index contributed by atoms with van der Waals surface area (Å²) in [4.78, 5) is 39.2. The molecule has 0 saturated carbocycles. The van der Waals surface area contributed by atoms with Crippen LogP contribution in [0.4, 0.5) is 5.69 Å². The Kier molecular flexibility index (Phi) is 6.06. The Morgan fingerprint density at radius 2 is 1.81 bits per heavy atom. The molecule has 0 radical (unpaired) electrons. The molecule has 0 spiro atoms. The highest BCUT2D eigenvalue weighted by atomic mass is 16.5. The van der Waals surface area contributed by atoms with Crippen LogP contribution < -0.4 is 15.8 Å². The molecule has 0 unspecified atom stereocenters. The number of anilines is 1. The van der Waals surface area contributed by atoms with Crippen molar-refractivity contribution in [3.05, 3.63) is 58.6 Å². The van der Waals surface area contributed by atoms with E-state index in [0.717, 1.165) is 43.7 Å². The average molecular weight is 423 g/mol. The fourth-order valence-electron chi connectivity index (χ4n) is 3.80. The van der Waals surface area contributed by atoms with Crippen molar-refractivity contribution in [1.29, 1.82) is 0 Å². The summed E-state index contributed by atoms with van der Waals surface area (Å²) in [5, 5.41) is 2.84. The zero-order valence-electron chi connectivity index (χ0n) is 17.4. The van der Waals surface area contributed by atoms with Gasteiger partial charge in [0, 0.05) is 18.8 Å². The Morgan fingerprint density at radius 1 is 1.06 bits per heavy atom. The summed E-state index contributed by atoms with van der Waals surface area (Å²) in [5.41, 5.74) is 2.25. The van der Waals surface area contributed by atoms with E-state index in [1.807, 2.05) is 12.1 Å². The lowest BCUT2D eigenvalue weighted by molar-refractivity contribution is -0.132. The minimum atomic E-state index is -0.581. The molecular formula is C23H25N3O5. The molecule has 1 saturated heterocycles. The topological polar surface area (TPSA) is 93.8 Å². The number of likely N-dealkylation sites (tertiary alicyclic amines) is 1. The van der Waals surface area contributed by atoms with Gasteiger partial charge in [-0.05, 0) is 55.2 Å². The van der Waals surface area contributed by atoms with Gasteiger partial charge in [0.25, 0.3) is 0 Å². The number of methoxy groups -OCH3 is 1. The monoisotopic (exact) mass is 423 g/mol. The van der Waals surface area contributed by atoms with Crippen LogP contribution in [0.3, 0.4) is 0 Å². The van der Waals surface area contributed by atoms with Crippen molar-refractivity contribution in [2.45, 2.75) is 32.2 Å². The predicted molar refractivity (Wildman–Crippen MR) is 116 cm³/mol. The molecule has 1 fully saturated rings. The lowest BCUT2D eigenvalue weighted by Crippen LogP contribution is -2.39. The van der Waals surface area contributed by atoms with E-state index < -0.39 is 5.76 Å². The maximum absolute atomic E-state index is 12.6. The molecule has 1 aliphatic rings. The van der Waals surface area contributed by atoms with E-state index in [4.69, 9.17) is 9.15 Å². The van der Waals surface area contributed by atoms with Crippen molar-refractivity contribution < 1.29 is 18.7 Å². The fourth-order valence-corrected chi connectivity index (χ4v) is 3.80. The quantitative estimate of drug-likeness (QED) is 0.658. The van der Waals surface area contributed by atoms with Crippen LogP contribution in [0.2, 0.25) is 0 Å². The summed E-state index contributed by atoms with van der Waals surface area (Å²) in [6.45, 7) is 1.36. The fraction of sp³-hybridized carbons (Fsp3) is 0.348. The molecule has 1 N–H and O–H groups in total. The van der Waals surface area contributed by atoms with E-state index in [0.29, 0.717) is 16.8 Å². The van der Waals surface area contributed by atoms with Crippen molar-refractivity contribution in [3.63, 3.8) is 0 Å². The summed E-state index contributed by atoms with van der Waals surface area (Å²) >= 11 is 0. The van der Waals surface area contributed by atoms with Gasteiger partial charge in [0.2, 0.25) is 11.8 Å². The number of carbonyl (C=O) groups is 2. The van der Waals surface area contributed by atoms with Crippen LogP contribution >= 0.6 is 0 Å². The molecule has 2 aromatic carbocycles. The van der Waals surface area contributed by atoms with Crippen LogP contribution in [-0.2, 0) is 22.6 Å². The van der Waals surface area contributed by atoms with Crippen LogP contribution in [0.5, 0.6) is 5.75 Å². The number of amides is 2. The van der Waals surface area contributed by atoms with Gasteiger partial charge in [-0.25, -0.2) is 4.79 Å². The smallest absolute Gasteiger partial charge is 0.420 e. The number of nitrogens with one attached hydrogen (secondary N) is 1. The number of hydrogen-bond acceptors (Lipinski definition) is 5. The van der Waals surface area contributed by atoms with Gasteiger partial charge in [0.15, 0.2) is 5.58 Å². The van der Waals surface area contributed by atoms with E-state index in [9.17, 15) is 14.4 Å². The maximum atomic E-state index is 12.6. The number of piperidine rings is 1. The molecule has 2 heterocycles. The zero-order valence-corrected chi connectivity index (χ0v) is 17.4. The normalized spacial score (nSPS) is 13.9. The molecule has 2 amide bonds. The number of benzene rings is 2. The summed E-state index contributed by atoms with van der Waals surface area (Å²) in [6.07, 6.45) is 3.29. The molecule has 0 atom stereocenters. The Balaban J connectivity index is 1.48. The summed E-state index contributed by atoms with van der Waals surface area (Å²) in [5.74, 6) is -0.140. The molecule has 31 heavy (non-hydrogen) atoms. The molecule has 8 nitrogen and oxygen atoms in total. The summed E-state index contributed by atoms with van der Waals surface area (Å²) in [6, 6.07) is 12.2. The molecule has 3 aromatic rings. The van der Waals surface area contributed by atoms with Crippen molar-refractivity contribution >= 4 is 28.6 Å². The van der Waals surface area contributed by atoms with Crippen molar-refractivity contribution in [2.75, 3.05) is 25.5 Å². The van der Waals surface area contributed by atoms with Crippen LogP contribution in [0, 0.1) is 0 Å². The molecule has 162 valence electrons. The molecule has 8 heteroatoms. The standard InChI is InChI=1S/C23H25N3O5/c1-30-18-8-5-16(6-9-18)13-21(27)24-17-7-10-20-19(14-17)26(23(29)31-20)15-22(28)25-11-3-2-4-12-25/h5-10,14H,2-4,11-13,15H2,1H3,(H,24,27). The summed E-state index contributed by atoms with van der Waals surface area (Å²) in [7, 11) is 1.59. The van der Waals surface area contributed by atoms with E-state index in [1.54, 1.807) is 42.3 Å². The second-order valence-electron chi connectivity index (χ2n) is 7.65. The minimum absolute atomic E-state index is 0.0743. The third kappa shape index (κ3) is 4.79. The molecule has 0 bridgehead atoms. The predicted octanol–water partition coefficient (Wildman–Crippen LogP) is 2.80. The lowest BCUT2D eigenvalue weighted by atomic mass is 10.1. The van der Waals surface area contributed by atoms with Gasteiger partial charge >= 0.3 is 5.76 Å². The van der Waals surface area contributed by atoms with Crippen LogP contribution in [0.1, 0.15) is 24.8 Å². The van der Waals surface area contributed by atoms with Crippen LogP contribution in [0.15, 0.2) is 51.7 Å². The van der Waals surface area contributed by atoms with Gasteiger partial charge in [-0.2, -0.15) is 0 Å². The van der Waals surface area contributed by atoms with Crippen molar-refractivity contribution in [1.82, 2.24) is 9.47 Å². The third-order valence-electron chi connectivity index (χ3n) is 5.48. The van der Waals surface area contributed by atoms with E-state index >= 15 is 0 Å². The van der Waals surface area contributed by atoms with Crippen molar-refractivity contribution in [2.24, 2.45) is 0 Å². The first-order valence-corrected chi connectivity index (χ1v) is 10.4. The minimum Gasteiger partial charge on any atom is -0.497 e. The molecule has 4 rings (SSSR count). The SMILES string of the molecule is COc1ccc(CC(=O)Nc2ccc3oc(=O)n(CC(=O)N4CCCCC4)c3c2)cc1. The Morgan fingerprint density at radius 3 is 2.52 bits per heavy atom. The largest absolute Gasteiger partial charge is 0.497 e. The number of hydrogen-bond donors (Lipinski definition) is 1. The zero-order chi connectivity index (χ0) is 21.8. The highest BCUT2D eigenvalue weighted by molar-refractivity contribution is 5.94. The first-order valence-electron chi connectivity index (χ1n) is 10.4. The number of nitrogens with zero attached hydrogens (tertiary/aromatic N) is 2. The first kappa shape index (κ1) is 20.7. The molecule has 1 aromatic heterocycles. The number of carbonyl (C=O) groups excluding carboxylic acids is 2. The molecule has 0 aliphatic carbocycles. The van der Waals surface area contributed by atoms with E-state index in [1.165, 1.54) is 4.57 Å². The highest BCUT2D eigenvalue weighted by Crippen LogP contribution is 2.20. The van der Waals surface area contributed by atoms with Gasteiger partial charge in [-0.1, -0.05) is 12.1 Å². The van der Waals surface area contributed by atoms with Gasteiger partial charge < -0.3 is 19.4 Å². The lowest BCUT2D eigenvalue weighted by Gasteiger charge is -2.26. The first-order chi connectivity index (χ1) is 15.0. The van der Waals surface area contributed by atoms with E-state index in [2.05, 4.69) is 5.32 Å². The second kappa shape index (κ2) is 9.07. The molecule has 1 aliphatic heterocycles. The van der Waals surface area contributed by atoms with Crippen LogP contribution in [0.25, 0.3) is 11.1 Å². The molecular weight excluding hydrogens is 398 g/mol. The number of aromatic nitrogens is 1. The number of oxazole rings is 1. The highest BCUT2D eigenvalue weighted by Gasteiger charge is 2.20. The Labute approximate surface area is 179 Å². The second-order valence-corrected chi connectivity index (χ2v) is 7.65. The van der Waals surface area contributed by atoms with Gasteiger partial charge in [0.05, 0.1) is 19.0 Å². The number of ether oxygens (including phenoxy) is 1. The van der Waals surface area contributed by atoms with Gasteiger partial charge in [-0.3, -0.25) is 14.2 Å². The van der Waals surface area contributed by atoms with Gasteiger partial charge in [0.1, 0.15) is 12.3 Å². The third-order valence-corrected chi connectivity index (χ3v) is 5.48. The number of rotatable bonds is 6. The van der Waals surface area contributed by atoms with Crippen molar-refractivity contribution in [3.8, 4) is 5.75 Å². The average Bonchev–Trinajstić information content (AvgIpc) is 3.09. The van der Waals surface area contributed by atoms with Crippen LogP contribution in [-0.4, -0.2) is 41.5 Å².